The average molecular weight is 806 g/mol. The molecule has 3 amide bonds. The van der Waals surface area contributed by atoms with Gasteiger partial charge in [0.15, 0.2) is 15.0 Å². The molecular formula is C36H38F3N5O9S2. The van der Waals surface area contributed by atoms with Crippen LogP contribution in [-0.4, -0.2) is 101 Å². The van der Waals surface area contributed by atoms with Crippen molar-refractivity contribution in [3.05, 3.63) is 83.0 Å². The molecule has 3 heterocycles. The number of halogens is 3. The van der Waals surface area contributed by atoms with Gasteiger partial charge in [-0.2, -0.15) is 13.2 Å². The Morgan fingerprint density at radius 2 is 1.56 bits per heavy atom. The number of nitrogens with zero attached hydrogens (tertiary/aromatic N) is 4. The van der Waals surface area contributed by atoms with Crippen LogP contribution < -0.4 is 10.1 Å². The number of rotatable bonds is 8. The number of hydrogen-bond donors (Lipinski definition) is 2. The van der Waals surface area contributed by atoms with Gasteiger partial charge < -0.3 is 24.4 Å². The summed E-state index contributed by atoms with van der Waals surface area (Å²) in [5.74, 6) is -2.57. The van der Waals surface area contributed by atoms with E-state index in [9.17, 15) is 36.0 Å². The maximum atomic E-state index is 13.5. The highest BCUT2D eigenvalue weighted by Gasteiger charge is 2.38. The van der Waals surface area contributed by atoms with Crippen LogP contribution in [0.4, 0.5) is 23.1 Å². The molecule has 1 aliphatic rings. The second-order valence-corrected chi connectivity index (χ2v) is 16.1. The zero-order chi connectivity index (χ0) is 40.7. The van der Waals surface area contributed by atoms with Crippen molar-refractivity contribution >= 4 is 50.2 Å². The number of hydrogen-bond acceptors (Lipinski definition) is 11. The first kappa shape index (κ1) is 42.2. The highest BCUT2D eigenvalue weighted by molar-refractivity contribution is 7.90. The summed E-state index contributed by atoms with van der Waals surface area (Å²) in [6.45, 7) is 8.91. The van der Waals surface area contributed by atoms with Crippen molar-refractivity contribution in [2.45, 2.75) is 50.8 Å². The fourth-order valence-corrected chi connectivity index (χ4v) is 6.29. The highest BCUT2D eigenvalue weighted by Crippen LogP contribution is 2.31. The van der Waals surface area contributed by atoms with Gasteiger partial charge in [-0.1, -0.05) is 6.07 Å². The van der Waals surface area contributed by atoms with Gasteiger partial charge >= 0.3 is 18.2 Å². The topological polar surface area (TPSA) is 185 Å². The number of alkyl halides is 3. The summed E-state index contributed by atoms with van der Waals surface area (Å²) in [5, 5.41) is 12.0. The van der Waals surface area contributed by atoms with E-state index in [1.807, 2.05) is 39.8 Å². The second kappa shape index (κ2) is 17.3. The lowest BCUT2D eigenvalue weighted by atomic mass is 10.0. The molecule has 14 nitrogen and oxygen atoms in total. The second-order valence-electron chi connectivity index (χ2n) is 13.2. The molecule has 1 saturated heterocycles. The first-order chi connectivity index (χ1) is 25.6. The Morgan fingerprint density at radius 3 is 2.13 bits per heavy atom. The van der Waals surface area contributed by atoms with E-state index in [0.717, 1.165) is 11.8 Å². The molecule has 0 bridgehead atoms. The number of aromatic nitrogens is 2. The molecule has 2 aromatic carbocycles. The summed E-state index contributed by atoms with van der Waals surface area (Å²) in [6, 6.07) is 14.8. The van der Waals surface area contributed by atoms with Crippen LogP contribution >= 0.6 is 11.3 Å². The van der Waals surface area contributed by atoms with Crippen LogP contribution in [-0.2, 0) is 30.6 Å². The number of ether oxygens (including phenoxy) is 2. The largest absolute Gasteiger partial charge is 0.490 e. The molecule has 0 unspecified atom stereocenters. The first-order valence-electron chi connectivity index (χ1n) is 16.5. The molecule has 5 rings (SSSR count). The van der Waals surface area contributed by atoms with Crippen molar-refractivity contribution in [3.8, 4) is 22.8 Å². The SMILES string of the molecule is Cc1cccnc1-c1cc(Oc2ccc(S(C)(=O)=O)cc2)cc(C(=O)Nc2nc(CC(=O)N3CCN(C(=O)OC(C)(C)C)CC3)cs2)c1.O=C(O)C(F)(F)F. The lowest BCUT2D eigenvalue weighted by Gasteiger charge is -2.35. The number of sulfone groups is 1. The number of carbonyl (C=O) groups excluding carboxylic acids is 3. The Hall–Kier alpha value is -5.56. The number of thiazole rings is 1. The smallest absolute Gasteiger partial charge is 0.475 e. The average Bonchev–Trinajstić information content (AvgIpc) is 3.53. The lowest BCUT2D eigenvalue weighted by molar-refractivity contribution is -0.192. The van der Waals surface area contributed by atoms with Crippen LogP contribution in [0.5, 0.6) is 11.5 Å². The number of amides is 3. The minimum Gasteiger partial charge on any atom is -0.475 e. The number of carbonyl (C=O) groups is 4. The molecule has 2 aromatic heterocycles. The fourth-order valence-electron chi connectivity index (χ4n) is 4.95. The van der Waals surface area contributed by atoms with Gasteiger partial charge in [-0.05, 0) is 81.8 Å². The molecule has 4 aromatic rings. The van der Waals surface area contributed by atoms with Crippen molar-refractivity contribution in [1.82, 2.24) is 19.8 Å². The summed E-state index contributed by atoms with van der Waals surface area (Å²) in [5.41, 5.74) is 2.45. The molecule has 0 saturated carbocycles. The van der Waals surface area contributed by atoms with Gasteiger partial charge in [-0.3, -0.25) is 19.9 Å². The predicted molar refractivity (Wildman–Crippen MR) is 196 cm³/mol. The van der Waals surface area contributed by atoms with Crippen molar-refractivity contribution < 1.29 is 55.3 Å². The number of benzene rings is 2. The van der Waals surface area contributed by atoms with Crippen LogP contribution in [0, 0.1) is 6.92 Å². The molecule has 1 fully saturated rings. The molecule has 0 aliphatic carbocycles. The van der Waals surface area contributed by atoms with Gasteiger partial charge in [0.25, 0.3) is 5.91 Å². The number of nitrogens with one attached hydrogen (secondary N) is 1. The van der Waals surface area contributed by atoms with E-state index in [4.69, 9.17) is 19.4 Å². The number of anilines is 1. The number of carboxylic acid groups (broad SMARTS) is 1. The van der Waals surface area contributed by atoms with Gasteiger partial charge in [-0.25, -0.2) is 23.0 Å². The number of aryl methyl sites for hydroxylation is 1. The van der Waals surface area contributed by atoms with Gasteiger partial charge in [0.1, 0.15) is 17.1 Å². The summed E-state index contributed by atoms with van der Waals surface area (Å²) < 4.78 is 66.9. The molecule has 19 heteroatoms. The van der Waals surface area contributed by atoms with Crippen LogP contribution in [0.25, 0.3) is 11.3 Å². The van der Waals surface area contributed by atoms with Crippen LogP contribution in [0.2, 0.25) is 0 Å². The maximum absolute atomic E-state index is 13.5. The normalized spacial score (nSPS) is 13.3. The van der Waals surface area contributed by atoms with Crippen molar-refractivity contribution in [2.24, 2.45) is 0 Å². The van der Waals surface area contributed by atoms with E-state index in [0.29, 0.717) is 59.8 Å². The quantitative estimate of drug-likeness (QED) is 0.206. The van der Waals surface area contributed by atoms with E-state index in [1.165, 1.54) is 23.5 Å². The fraction of sp³-hybridized carbons (Fsp3) is 0.333. The zero-order valence-electron chi connectivity index (χ0n) is 30.3. The Bertz CT molecular complexity index is 2140. The van der Waals surface area contributed by atoms with Crippen LogP contribution in [0.15, 0.2) is 71.1 Å². The number of carboxylic acids is 1. The van der Waals surface area contributed by atoms with Crippen molar-refractivity contribution in [1.29, 1.82) is 0 Å². The third kappa shape index (κ3) is 12.5. The minimum atomic E-state index is -5.08. The van der Waals surface area contributed by atoms with Gasteiger partial charge in [-0.15, -0.1) is 11.3 Å². The van der Waals surface area contributed by atoms with Gasteiger partial charge in [0, 0.05) is 55.1 Å². The molecule has 0 spiro atoms. The maximum Gasteiger partial charge on any atom is 0.490 e. The van der Waals surface area contributed by atoms with E-state index >= 15 is 0 Å². The molecular weight excluding hydrogens is 768 g/mol. The number of piperazine rings is 1. The Labute approximate surface area is 318 Å². The van der Waals surface area contributed by atoms with Crippen molar-refractivity contribution in [3.63, 3.8) is 0 Å². The summed E-state index contributed by atoms with van der Waals surface area (Å²) in [7, 11) is -3.37. The third-order valence-corrected chi connectivity index (χ3v) is 9.51. The van der Waals surface area contributed by atoms with Crippen LogP contribution in [0.1, 0.15) is 42.4 Å². The molecule has 0 atom stereocenters. The first-order valence-corrected chi connectivity index (χ1v) is 19.2. The minimum absolute atomic E-state index is 0.0589. The number of pyridine rings is 1. The molecule has 2 N–H and O–H groups in total. The highest BCUT2D eigenvalue weighted by atomic mass is 32.2. The van der Waals surface area contributed by atoms with E-state index in [2.05, 4.69) is 15.3 Å². The molecule has 55 heavy (non-hydrogen) atoms. The third-order valence-electron chi connectivity index (χ3n) is 7.57. The van der Waals surface area contributed by atoms with Gasteiger partial charge in [0.2, 0.25) is 5.91 Å². The van der Waals surface area contributed by atoms with E-state index in [-0.39, 0.29) is 22.8 Å². The molecule has 1 aliphatic heterocycles. The van der Waals surface area contributed by atoms with Crippen molar-refractivity contribution in [2.75, 3.05) is 37.8 Å². The van der Waals surface area contributed by atoms with Crippen LogP contribution in [0.3, 0.4) is 0 Å². The Kier molecular flexibility index (Phi) is 13.2. The van der Waals surface area contributed by atoms with E-state index < -0.39 is 39.6 Å². The van der Waals surface area contributed by atoms with E-state index in [1.54, 1.807) is 51.7 Å². The van der Waals surface area contributed by atoms with Gasteiger partial charge in [0.05, 0.1) is 22.7 Å². The summed E-state index contributed by atoms with van der Waals surface area (Å²) in [4.78, 5) is 60.2. The number of aliphatic carboxylic acids is 1. The molecule has 294 valence electrons. The predicted octanol–water partition coefficient (Wildman–Crippen LogP) is 6.22. The lowest BCUT2D eigenvalue weighted by Crippen LogP contribution is -2.52. The summed E-state index contributed by atoms with van der Waals surface area (Å²) >= 11 is 1.21. The standard InChI is InChI=1S/C34H37N5O7S2.C2HF3O2/c1-22-7-6-12-35-30(22)23-17-24(19-27(18-23)45-26-8-10-28(11-9-26)48(5,43)44)31(41)37-32-36-25(21-47-32)20-29(40)38-13-15-39(16-14-38)33(42)46-34(2,3)4;3-2(4,5)1(6)7/h6-12,17-19,21H,13-16,20H2,1-5H3,(H,36,37,41);(H,6,7). The monoisotopic (exact) mass is 805 g/mol. The zero-order valence-corrected chi connectivity index (χ0v) is 32.0. The summed E-state index contributed by atoms with van der Waals surface area (Å²) in [6.07, 6.45) is -2.62. The molecule has 0 radical (unpaired) electrons. The Morgan fingerprint density at radius 1 is 0.945 bits per heavy atom. The Balaban J connectivity index is 0.000000876.